The van der Waals surface area contributed by atoms with Crippen molar-refractivity contribution >= 4 is 5.91 Å². The van der Waals surface area contributed by atoms with Crippen LogP contribution in [0.15, 0.2) is 36.9 Å². The van der Waals surface area contributed by atoms with Crippen molar-refractivity contribution in [2.45, 2.75) is 6.42 Å². The van der Waals surface area contributed by atoms with Crippen molar-refractivity contribution in [1.82, 2.24) is 5.32 Å². The number of hydrogen-bond donors (Lipinski definition) is 2. The second-order valence-corrected chi connectivity index (χ2v) is 3.50. The lowest BCUT2D eigenvalue weighted by molar-refractivity contribution is 0.0917. The average molecular weight is 235 g/mol. The second-order valence-electron chi connectivity index (χ2n) is 3.50. The van der Waals surface area contributed by atoms with Crippen LogP contribution in [0.5, 0.6) is 5.75 Å². The molecule has 4 nitrogen and oxygen atoms in total. The van der Waals surface area contributed by atoms with Gasteiger partial charge in [0.15, 0.2) is 0 Å². The number of phenolic OH excluding ortho intramolecular Hbond substituents is 1. The largest absolute Gasteiger partial charge is 0.508 e. The van der Waals surface area contributed by atoms with E-state index in [1.54, 1.807) is 18.2 Å². The van der Waals surface area contributed by atoms with Gasteiger partial charge >= 0.3 is 0 Å². The smallest absolute Gasteiger partial charge is 0.251 e. The predicted molar refractivity (Wildman–Crippen MR) is 66.1 cm³/mol. The van der Waals surface area contributed by atoms with Gasteiger partial charge in [-0.2, -0.15) is 0 Å². The Bertz CT molecular complexity index is 377. The summed E-state index contributed by atoms with van der Waals surface area (Å²) in [5.74, 6) is -0.131. The molecule has 0 bridgehead atoms. The first-order valence-electron chi connectivity index (χ1n) is 5.50. The highest BCUT2D eigenvalue weighted by atomic mass is 16.5. The van der Waals surface area contributed by atoms with Crippen molar-refractivity contribution in [3.05, 3.63) is 42.5 Å². The fourth-order valence-corrected chi connectivity index (χ4v) is 1.25. The van der Waals surface area contributed by atoms with Crippen LogP contribution in [0.25, 0.3) is 0 Å². The molecule has 0 aliphatic rings. The van der Waals surface area contributed by atoms with Crippen LogP contribution < -0.4 is 5.32 Å². The Morgan fingerprint density at radius 1 is 1.47 bits per heavy atom. The van der Waals surface area contributed by atoms with Crippen molar-refractivity contribution < 1.29 is 14.6 Å². The van der Waals surface area contributed by atoms with Crippen LogP contribution in [-0.2, 0) is 4.74 Å². The van der Waals surface area contributed by atoms with Gasteiger partial charge in [-0.1, -0.05) is 12.1 Å². The molecule has 1 aromatic carbocycles. The zero-order chi connectivity index (χ0) is 12.5. The Balaban J connectivity index is 2.23. The molecule has 2 N–H and O–H groups in total. The molecule has 0 aliphatic heterocycles. The third-order valence-electron chi connectivity index (χ3n) is 2.11. The van der Waals surface area contributed by atoms with E-state index in [1.807, 2.05) is 0 Å². The highest BCUT2D eigenvalue weighted by Crippen LogP contribution is 2.10. The highest BCUT2D eigenvalue weighted by molar-refractivity contribution is 5.94. The monoisotopic (exact) mass is 235 g/mol. The van der Waals surface area contributed by atoms with Gasteiger partial charge in [0, 0.05) is 12.1 Å². The van der Waals surface area contributed by atoms with Gasteiger partial charge in [0.2, 0.25) is 0 Å². The Kier molecular flexibility index (Phi) is 5.82. The summed E-state index contributed by atoms with van der Waals surface area (Å²) in [7, 11) is 0. The maximum atomic E-state index is 11.6. The summed E-state index contributed by atoms with van der Waals surface area (Å²) in [6.45, 7) is 5.12. The predicted octanol–water partition coefficient (Wildman–Crippen LogP) is 1.71. The van der Waals surface area contributed by atoms with Crippen LogP contribution >= 0.6 is 0 Å². The van der Waals surface area contributed by atoms with E-state index in [0.29, 0.717) is 25.3 Å². The molecule has 17 heavy (non-hydrogen) atoms. The number of rotatable bonds is 7. The number of nitrogens with one attached hydrogen (secondary N) is 1. The van der Waals surface area contributed by atoms with E-state index >= 15 is 0 Å². The molecule has 4 heteroatoms. The summed E-state index contributed by atoms with van der Waals surface area (Å²) >= 11 is 0. The topological polar surface area (TPSA) is 58.6 Å². The molecular formula is C13H17NO3. The normalized spacial score (nSPS) is 9.88. The molecule has 1 aromatic rings. The summed E-state index contributed by atoms with van der Waals surface area (Å²) in [4.78, 5) is 11.6. The molecule has 1 rings (SSSR count). The van der Waals surface area contributed by atoms with Crippen LogP contribution in [0.4, 0.5) is 0 Å². The van der Waals surface area contributed by atoms with E-state index in [1.165, 1.54) is 12.1 Å². The van der Waals surface area contributed by atoms with E-state index in [2.05, 4.69) is 11.9 Å². The number of aromatic hydroxyl groups is 1. The Morgan fingerprint density at radius 3 is 3.00 bits per heavy atom. The SMILES string of the molecule is C=CCCOCCNC(=O)c1cccc(O)c1. The standard InChI is InChI=1S/C13H17NO3/c1-2-3-8-17-9-7-14-13(16)11-5-4-6-12(15)10-11/h2,4-6,10,15H,1,3,7-9H2,(H,14,16). The van der Waals surface area contributed by atoms with Crippen molar-refractivity contribution in [3.63, 3.8) is 0 Å². The third-order valence-corrected chi connectivity index (χ3v) is 2.11. The number of amides is 1. The molecule has 0 saturated heterocycles. The number of carbonyl (C=O) groups excluding carboxylic acids is 1. The second kappa shape index (κ2) is 7.46. The lowest BCUT2D eigenvalue weighted by Crippen LogP contribution is -2.27. The van der Waals surface area contributed by atoms with Gasteiger partial charge in [0.25, 0.3) is 5.91 Å². The van der Waals surface area contributed by atoms with Crippen molar-refractivity contribution in [2.75, 3.05) is 19.8 Å². The molecule has 0 heterocycles. The van der Waals surface area contributed by atoms with E-state index in [9.17, 15) is 9.90 Å². The Morgan fingerprint density at radius 2 is 2.29 bits per heavy atom. The molecule has 92 valence electrons. The molecule has 0 radical (unpaired) electrons. The van der Waals surface area contributed by atoms with Crippen molar-refractivity contribution in [1.29, 1.82) is 0 Å². The van der Waals surface area contributed by atoms with E-state index in [4.69, 9.17) is 4.74 Å². The van der Waals surface area contributed by atoms with Gasteiger partial charge in [-0.25, -0.2) is 0 Å². The highest BCUT2D eigenvalue weighted by Gasteiger charge is 2.04. The number of carbonyl (C=O) groups is 1. The molecule has 0 aromatic heterocycles. The lowest BCUT2D eigenvalue weighted by atomic mass is 10.2. The zero-order valence-electron chi connectivity index (χ0n) is 9.69. The zero-order valence-corrected chi connectivity index (χ0v) is 9.69. The quantitative estimate of drug-likeness (QED) is 0.559. The molecular weight excluding hydrogens is 218 g/mol. The molecule has 0 fully saturated rings. The van der Waals surface area contributed by atoms with Gasteiger partial charge in [-0.05, 0) is 24.6 Å². The first-order chi connectivity index (χ1) is 8.24. The van der Waals surface area contributed by atoms with Gasteiger partial charge in [-0.15, -0.1) is 6.58 Å². The van der Waals surface area contributed by atoms with Gasteiger partial charge in [-0.3, -0.25) is 4.79 Å². The van der Waals surface area contributed by atoms with Crippen LogP contribution in [-0.4, -0.2) is 30.8 Å². The minimum Gasteiger partial charge on any atom is -0.508 e. The molecule has 0 unspecified atom stereocenters. The Hall–Kier alpha value is -1.81. The lowest BCUT2D eigenvalue weighted by Gasteiger charge is -2.06. The Labute approximate surface area is 101 Å². The number of benzene rings is 1. The van der Waals surface area contributed by atoms with Gasteiger partial charge in [0.1, 0.15) is 5.75 Å². The summed E-state index contributed by atoms with van der Waals surface area (Å²) in [5.41, 5.74) is 0.441. The van der Waals surface area contributed by atoms with E-state index in [-0.39, 0.29) is 11.7 Å². The van der Waals surface area contributed by atoms with E-state index in [0.717, 1.165) is 6.42 Å². The summed E-state index contributed by atoms with van der Waals surface area (Å²) in [5, 5.41) is 11.9. The number of phenols is 1. The summed E-state index contributed by atoms with van der Waals surface area (Å²) in [6.07, 6.45) is 2.59. The van der Waals surface area contributed by atoms with Crippen LogP contribution in [0.1, 0.15) is 16.8 Å². The maximum absolute atomic E-state index is 11.6. The fourth-order valence-electron chi connectivity index (χ4n) is 1.25. The van der Waals surface area contributed by atoms with Gasteiger partial charge < -0.3 is 15.2 Å². The molecule has 0 atom stereocenters. The van der Waals surface area contributed by atoms with Crippen molar-refractivity contribution in [2.24, 2.45) is 0 Å². The van der Waals surface area contributed by atoms with Crippen LogP contribution in [0.2, 0.25) is 0 Å². The average Bonchev–Trinajstić information content (AvgIpc) is 2.33. The third kappa shape index (κ3) is 5.17. The minimum absolute atomic E-state index is 0.0832. The van der Waals surface area contributed by atoms with Crippen LogP contribution in [0, 0.1) is 0 Å². The van der Waals surface area contributed by atoms with Crippen molar-refractivity contribution in [3.8, 4) is 5.75 Å². The first-order valence-corrected chi connectivity index (χ1v) is 5.50. The molecule has 1 amide bonds. The maximum Gasteiger partial charge on any atom is 0.251 e. The molecule has 0 aliphatic carbocycles. The number of ether oxygens (including phenoxy) is 1. The van der Waals surface area contributed by atoms with Gasteiger partial charge in [0.05, 0.1) is 13.2 Å². The first kappa shape index (κ1) is 13.3. The summed E-state index contributed by atoms with van der Waals surface area (Å²) in [6, 6.07) is 6.22. The number of hydrogen-bond acceptors (Lipinski definition) is 3. The fraction of sp³-hybridized carbons (Fsp3) is 0.308. The minimum atomic E-state index is -0.215. The van der Waals surface area contributed by atoms with E-state index < -0.39 is 0 Å². The summed E-state index contributed by atoms with van der Waals surface area (Å²) < 4.78 is 5.25. The van der Waals surface area contributed by atoms with Crippen LogP contribution in [0.3, 0.4) is 0 Å². The molecule has 0 saturated carbocycles. The molecule has 0 spiro atoms.